The van der Waals surface area contributed by atoms with Gasteiger partial charge in [-0.3, -0.25) is 0 Å². The van der Waals surface area contributed by atoms with Crippen molar-refractivity contribution in [2.24, 2.45) is 0 Å². The molecule has 2 aliphatic carbocycles. The lowest BCUT2D eigenvalue weighted by Gasteiger charge is -2.51. The maximum absolute atomic E-state index is 6.95. The molecule has 5 heteroatoms. The molecule has 3 aliphatic heterocycles. The molecule has 1 fully saturated rings. The molecule has 5 aliphatic rings. The van der Waals surface area contributed by atoms with Crippen molar-refractivity contribution >= 4 is 84.5 Å². The summed E-state index contributed by atoms with van der Waals surface area (Å²) in [5.41, 5.74) is 24.9. The van der Waals surface area contributed by atoms with E-state index in [-0.39, 0.29) is 39.3 Å². The summed E-state index contributed by atoms with van der Waals surface area (Å²) in [5.74, 6) is 0. The van der Waals surface area contributed by atoms with Gasteiger partial charge in [0.15, 0.2) is 5.58 Å². The molecule has 13 rings (SSSR count). The Labute approximate surface area is 404 Å². The molecule has 8 aromatic rings. The minimum Gasteiger partial charge on any atom is -0.454 e. The first-order valence-electron chi connectivity index (χ1n) is 25.8. The number of nitrogens with zero attached hydrogens (tertiary/aromatic N) is 3. The standard InChI is InChI=1S/C63H68BN3O/c1-37-31-43-44(61(10,11)30-29-60(43,8)9)36-49(37)65-50-33-39(59(5,6)7)23-25-46(50)64-47-21-18-20-42-55(47)66(56-41-19-14-15-22-53(41)68-57(42)56)52-35-40(34-51(65)54(52)64)67-48-26-24-38(58(2,3)4)32-45(48)62(12)27-16-17-28-63(62,67)13/h14-15,18-26,31-36H,16-17,27-30H2,1-13H3/t62?,63-/m0/s1. The van der Waals surface area contributed by atoms with Crippen molar-refractivity contribution in [1.82, 2.24) is 4.57 Å². The first kappa shape index (κ1) is 42.4. The molecule has 344 valence electrons. The van der Waals surface area contributed by atoms with Gasteiger partial charge < -0.3 is 18.8 Å². The Kier molecular flexibility index (Phi) is 8.33. The van der Waals surface area contributed by atoms with Crippen molar-refractivity contribution in [3.63, 3.8) is 0 Å². The van der Waals surface area contributed by atoms with Crippen molar-refractivity contribution in [3.05, 3.63) is 137 Å². The Morgan fingerprint density at radius 3 is 1.96 bits per heavy atom. The highest BCUT2D eigenvalue weighted by atomic mass is 16.3. The maximum Gasteiger partial charge on any atom is 0.252 e. The van der Waals surface area contributed by atoms with E-state index in [4.69, 9.17) is 4.42 Å². The summed E-state index contributed by atoms with van der Waals surface area (Å²) in [6.45, 7) is 31.7. The Morgan fingerprint density at radius 2 is 1.21 bits per heavy atom. The molecule has 0 amide bonds. The number of anilines is 5. The quantitative estimate of drug-likeness (QED) is 0.162. The summed E-state index contributed by atoms with van der Waals surface area (Å²) in [5, 5.41) is 2.35. The fourth-order valence-corrected chi connectivity index (χ4v) is 14.3. The SMILES string of the molecule is Cc1cc2c(cc1N1c3cc(C(C)(C)C)ccc3B3c4c1cc(N1c5ccc(C(C)(C)C)cc5C5(C)CCCC[C@]15C)cc4-n1c4c3cccc4c3oc4ccccc4c31)C(C)(C)CCC2(C)C. The molecule has 0 N–H and O–H groups in total. The Hall–Kier alpha value is -5.68. The highest BCUT2D eigenvalue weighted by molar-refractivity contribution is 7.00. The largest absolute Gasteiger partial charge is 0.454 e. The van der Waals surface area contributed by atoms with Crippen LogP contribution in [0.2, 0.25) is 0 Å². The molecule has 0 spiro atoms. The van der Waals surface area contributed by atoms with Crippen LogP contribution in [0.4, 0.5) is 28.4 Å². The van der Waals surface area contributed by atoms with Gasteiger partial charge in [-0.05, 0) is 159 Å². The van der Waals surface area contributed by atoms with E-state index in [9.17, 15) is 0 Å². The summed E-state index contributed by atoms with van der Waals surface area (Å²) in [6, 6.07) is 41.1. The first-order chi connectivity index (χ1) is 32.1. The summed E-state index contributed by atoms with van der Waals surface area (Å²) >= 11 is 0. The lowest BCUT2D eigenvalue weighted by Crippen LogP contribution is -2.60. The van der Waals surface area contributed by atoms with E-state index in [2.05, 4.69) is 208 Å². The Balaban J connectivity index is 1.19. The van der Waals surface area contributed by atoms with Gasteiger partial charge in [0.25, 0.3) is 6.71 Å². The molecule has 5 heterocycles. The second-order valence-corrected chi connectivity index (χ2v) is 25.6. The van der Waals surface area contributed by atoms with Crippen LogP contribution in [0.1, 0.15) is 155 Å². The van der Waals surface area contributed by atoms with Gasteiger partial charge in [-0.15, -0.1) is 0 Å². The van der Waals surface area contributed by atoms with Gasteiger partial charge in [-0.2, -0.15) is 0 Å². The molecule has 4 nitrogen and oxygen atoms in total. The molecular formula is C63H68BN3O. The zero-order valence-corrected chi connectivity index (χ0v) is 42.9. The molecule has 2 atom stereocenters. The fourth-order valence-electron chi connectivity index (χ4n) is 14.3. The lowest BCUT2D eigenvalue weighted by atomic mass is 9.33. The van der Waals surface area contributed by atoms with Gasteiger partial charge in [0, 0.05) is 50.3 Å². The second kappa shape index (κ2) is 13.3. The van der Waals surface area contributed by atoms with Crippen LogP contribution in [0.5, 0.6) is 0 Å². The Bertz CT molecular complexity index is 3510. The van der Waals surface area contributed by atoms with Crippen molar-refractivity contribution in [2.45, 2.75) is 161 Å². The number of fused-ring (bicyclic) bond motifs is 13. The van der Waals surface area contributed by atoms with Crippen LogP contribution in [0.15, 0.2) is 108 Å². The van der Waals surface area contributed by atoms with Crippen LogP contribution < -0.4 is 26.2 Å². The van der Waals surface area contributed by atoms with Gasteiger partial charge in [-0.25, -0.2) is 0 Å². The van der Waals surface area contributed by atoms with Crippen molar-refractivity contribution in [1.29, 1.82) is 0 Å². The molecule has 68 heavy (non-hydrogen) atoms. The van der Waals surface area contributed by atoms with Gasteiger partial charge in [-0.1, -0.05) is 144 Å². The predicted octanol–water partition coefficient (Wildman–Crippen LogP) is 15.1. The fraction of sp³-hybridized carbons (Fsp3) is 0.397. The minimum absolute atomic E-state index is 0.0137. The third kappa shape index (κ3) is 5.40. The average molecular weight is 894 g/mol. The third-order valence-corrected chi connectivity index (χ3v) is 18.6. The second-order valence-electron chi connectivity index (χ2n) is 25.6. The molecule has 0 saturated heterocycles. The maximum atomic E-state index is 6.95. The van der Waals surface area contributed by atoms with Gasteiger partial charge in [0.1, 0.15) is 11.1 Å². The molecular weight excluding hydrogens is 826 g/mol. The van der Waals surface area contributed by atoms with Crippen molar-refractivity contribution in [2.75, 3.05) is 9.80 Å². The van der Waals surface area contributed by atoms with E-state index >= 15 is 0 Å². The molecule has 1 saturated carbocycles. The monoisotopic (exact) mass is 894 g/mol. The van der Waals surface area contributed by atoms with Crippen LogP contribution in [0, 0.1) is 6.92 Å². The van der Waals surface area contributed by atoms with E-state index in [0.29, 0.717) is 0 Å². The number of furan rings is 1. The number of aromatic nitrogens is 1. The summed E-state index contributed by atoms with van der Waals surface area (Å²) in [7, 11) is 0. The normalized spacial score (nSPS) is 22.1. The van der Waals surface area contributed by atoms with E-state index in [1.807, 2.05) is 0 Å². The van der Waals surface area contributed by atoms with E-state index in [1.165, 1.54) is 132 Å². The average Bonchev–Trinajstić information content (AvgIpc) is 3.89. The van der Waals surface area contributed by atoms with Crippen LogP contribution in [0.25, 0.3) is 38.7 Å². The van der Waals surface area contributed by atoms with Gasteiger partial charge >= 0.3 is 0 Å². The molecule has 2 aromatic heterocycles. The van der Waals surface area contributed by atoms with Crippen LogP contribution in [-0.4, -0.2) is 16.8 Å². The number of benzene rings is 6. The lowest BCUT2D eigenvalue weighted by molar-refractivity contribution is 0.195. The zero-order valence-electron chi connectivity index (χ0n) is 42.9. The van der Waals surface area contributed by atoms with Gasteiger partial charge in [0.05, 0.1) is 11.1 Å². The van der Waals surface area contributed by atoms with Gasteiger partial charge in [0.2, 0.25) is 0 Å². The smallest absolute Gasteiger partial charge is 0.252 e. The van der Waals surface area contributed by atoms with E-state index in [1.54, 1.807) is 0 Å². The zero-order chi connectivity index (χ0) is 47.4. The van der Waals surface area contributed by atoms with E-state index < -0.39 is 0 Å². The number of hydrogen-bond donors (Lipinski definition) is 0. The Morgan fingerprint density at radius 1 is 0.544 bits per heavy atom. The van der Waals surface area contributed by atoms with Crippen LogP contribution in [0.3, 0.4) is 0 Å². The molecule has 0 radical (unpaired) electrons. The summed E-state index contributed by atoms with van der Waals surface area (Å²) < 4.78 is 9.58. The molecule has 6 aromatic carbocycles. The third-order valence-electron chi connectivity index (χ3n) is 18.6. The summed E-state index contributed by atoms with van der Waals surface area (Å²) in [6.07, 6.45) is 7.17. The molecule has 0 bridgehead atoms. The first-order valence-corrected chi connectivity index (χ1v) is 25.8. The van der Waals surface area contributed by atoms with E-state index in [0.717, 1.165) is 23.0 Å². The van der Waals surface area contributed by atoms with Crippen molar-refractivity contribution in [3.8, 4) is 5.69 Å². The number of aryl methyl sites for hydroxylation is 1. The highest BCUT2D eigenvalue weighted by Crippen LogP contribution is 2.62. The number of rotatable bonds is 2. The molecule has 1 unspecified atom stereocenters. The highest BCUT2D eigenvalue weighted by Gasteiger charge is 2.58. The summed E-state index contributed by atoms with van der Waals surface area (Å²) in [4.78, 5) is 5.56. The van der Waals surface area contributed by atoms with Crippen LogP contribution >= 0.6 is 0 Å². The topological polar surface area (TPSA) is 24.6 Å². The number of hydrogen-bond acceptors (Lipinski definition) is 3. The number of para-hydroxylation sites is 2. The predicted molar refractivity (Wildman–Crippen MR) is 290 cm³/mol. The van der Waals surface area contributed by atoms with Crippen LogP contribution in [-0.2, 0) is 27.1 Å². The minimum atomic E-state index is -0.130. The van der Waals surface area contributed by atoms with Crippen molar-refractivity contribution < 1.29 is 4.42 Å².